The van der Waals surface area contributed by atoms with Crippen LogP contribution in [0.1, 0.15) is 11.1 Å². The van der Waals surface area contributed by atoms with Crippen LogP contribution in [0.5, 0.6) is 11.5 Å². The second-order valence-electron chi connectivity index (χ2n) is 5.39. The molecule has 2 rings (SSSR count). The molecule has 0 heterocycles. The SMILES string of the molecule is [CH]Oc1ccc(SCC(=C)COc2ccc(C(F)(F)F)cc2)cc1C. The summed E-state index contributed by atoms with van der Waals surface area (Å²) in [6.07, 6.45) is -4.35. The lowest BCUT2D eigenvalue weighted by atomic mass is 10.2. The average Bonchev–Trinajstić information content (AvgIpc) is 2.58. The van der Waals surface area contributed by atoms with Gasteiger partial charge in [0.1, 0.15) is 18.1 Å². The van der Waals surface area contributed by atoms with Crippen LogP contribution >= 0.6 is 11.8 Å². The molecule has 2 aromatic carbocycles. The number of hydrogen-bond donors (Lipinski definition) is 0. The van der Waals surface area contributed by atoms with Crippen LogP contribution in [-0.2, 0) is 6.18 Å². The van der Waals surface area contributed by atoms with Gasteiger partial charge in [-0.3, -0.25) is 0 Å². The minimum absolute atomic E-state index is 0.237. The van der Waals surface area contributed by atoms with E-state index in [0.717, 1.165) is 28.2 Å². The molecule has 0 spiro atoms. The van der Waals surface area contributed by atoms with Gasteiger partial charge in [-0.05, 0) is 60.5 Å². The van der Waals surface area contributed by atoms with E-state index in [2.05, 4.69) is 6.58 Å². The van der Waals surface area contributed by atoms with E-state index < -0.39 is 11.7 Å². The highest BCUT2D eigenvalue weighted by molar-refractivity contribution is 7.99. The molecule has 2 aromatic rings. The summed E-state index contributed by atoms with van der Waals surface area (Å²) in [5.41, 5.74) is 1.05. The van der Waals surface area contributed by atoms with Gasteiger partial charge in [0.15, 0.2) is 7.11 Å². The van der Waals surface area contributed by atoms with E-state index in [1.807, 2.05) is 19.1 Å². The van der Waals surface area contributed by atoms with Gasteiger partial charge in [-0.15, -0.1) is 11.8 Å². The first-order valence-electron chi connectivity index (χ1n) is 7.36. The Kier molecular flexibility index (Phi) is 6.42. The first kappa shape index (κ1) is 19.2. The maximum atomic E-state index is 12.5. The van der Waals surface area contributed by atoms with Crippen molar-refractivity contribution in [2.45, 2.75) is 18.0 Å². The number of aryl methyl sites for hydroxylation is 1. The topological polar surface area (TPSA) is 18.5 Å². The summed E-state index contributed by atoms with van der Waals surface area (Å²) in [4.78, 5) is 1.04. The third kappa shape index (κ3) is 5.74. The van der Waals surface area contributed by atoms with Crippen LogP contribution < -0.4 is 9.47 Å². The molecule has 0 bridgehead atoms. The van der Waals surface area contributed by atoms with Crippen molar-refractivity contribution in [1.29, 1.82) is 0 Å². The maximum absolute atomic E-state index is 12.5. The Hall–Kier alpha value is -2.08. The number of alkyl halides is 3. The minimum atomic E-state index is -4.35. The van der Waals surface area contributed by atoms with Crippen molar-refractivity contribution in [3.63, 3.8) is 0 Å². The van der Waals surface area contributed by atoms with Crippen molar-refractivity contribution in [2.24, 2.45) is 0 Å². The fourth-order valence-electron chi connectivity index (χ4n) is 2.00. The molecule has 0 aliphatic heterocycles. The lowest BCUT2D eigenvalue weighted by molar-refractivity contribution is -0.137. The molecule has 0 unspecified atom stereocenters. The van der Waals surface area contributed by atoms with E-state index >= 15 is 0 Å². The predicted molar refractivity (Wildman–Crippen MR) is 92.9 cm³/mol. The lowest BCUT2D eigenvalue weighted by Gasteiger charge is -2.11. The highest BCUT2D eigenvalue weighted by Gasteiger charge is 2.29. The van der Waals surface area contributed by atoms with Crippen LogP contribution in [0.4, 0.5) is 13.2 Å². The largest absolute Gasteiger partial charge is 0.489 e. The molecule has 0 saturated carbocycles. The predicted octanol–water partition coefficient (Wildman–Crippen LogP) is 5.79. The third-order valence-corrected chi connectivity index (χ3v) is 4.48. The smallest absolute Gasteiger partial charge is 0.416 e. The standard InChI is InChI=1S/C19H17F3O2S/c1-13(12-25-17-8-9-18(23-3)14(2)10-17)11-24-16-6-4-15(5-7-16)19(20,21)22/h3-10H,1,11-12H2,2H3. The fourth-order valence-corrected chi connectivity index (χ4v) is 2.88. The van der Waals surface area contributed by atoms with Crippen molar-refractivity contribution in [3.8, 4) is 11.5 Å². The van der Waals surface area contributed by atoms with E-state index in [9.17, 15) is 13.2 Å². The molecular weight excluding hydrogens is 349 g/mol. The number of halogens is 3. The Morgan fingerprint density at radius 1 is 1.16 bits per heavy atom. The van der Waals surface area contributed by atoms with Gasteiger partial charge in [-0.25, -0.2) is 0 Å². The van der Waals surface area contributed by atoms with Gasteiger partial charge in [0, 0.05) is 10.6 Å². The van der Waals surface area contributed by atoms with E-state index in [-0.39, 0.29) is 6.61 Å². The van der Waals surface area contributed by atoms with E-state index in [4.69, 9.17) is 16.6 Å². The monoisotopic (exact) mass is 366 g/mol. The Bertz CT molecular complexity index is 724. The van der Waals surface area contributed by atoms with Gasteiger partial charge in [0.25, 0.3) is 0 Å². The Balaban J connectivity index is 1.82. The zero-order valence-electron chi connectivity index (χ0n) is 13.6. The first-order valence-corrected chi connectivity index (χ1v) is 8.35. The normalized spacial score (nSPS) is 11.2. The van der Waals surface area contributed by atoms with Crippen molar-refractivity contribution in [1.82, 2.24) is 0 Å². The molecule has 0 aliphatic carbocycles. The molecule has 132 valence electrons. The lowest BCUT2D eigenvalue weighted by Crippen LogP contribution is -2.05. The molecule has 6 heteroatoms. The number of hydrogen-bond acceptors (Lipinski definition) is 3. The van der Waals surface area contributed by atoms with Crippen LogP contribution in [-0.4, -0.2) is 12.4 Å². The molecule has 25 heavy (non-hydrogen) atoms. The second kappa shape index (κ2) is 8.34. The summed E-state index contributed by atoms with van der Waals surface area (Å²) in [6, 6.07) is 10.2. The molecule has 0 saturated heterocycles. The molecule has 2 radical (unpaired) electrons. The minimum Gasteiger partial charge on any atom is -0.489 e. The molecule has 2 nitrogen and oxygen atoms in total. The second-order valence-corrected chi connectivity index (χ2v) is 6.44. The molecule has 0 fully saturated rings. The van der Waals surface area contributed by atoms with Gasteiger partial charge < -0.3 is 9.47 Å². The van der Waals surface area contributed by atoms with Gasteiger partial charge in [-0.1, -0.05) is 6.58 Å². The highest BCUT2D eigenvalue weighted by Crippen LogP contribution is 2.30. The van der Waals surface area contributed by atoms with E-state index in [0.29, 0.717) is 17.3 Å². The summed E-state index contributed by atoms with van der Waals surface area (Å²) in [5, 5.41) is 0. The zero-order chi connectivity index (χ0) is 18.4. The zero-order valence-corrected chi connectivity index (χ0v) is 14.4. The number of benzene rings is 2. The van der Waals surface area contributed by atoms with Crippen molar-refractivity contribution in [3.05, 3.63) is 72.9 Å². The van der Waals surface area contributed by atoms with E-state index in [1.54, 1.807) is 17.8 Å². The molecular formula is C19H17F3O2S. The maximum Gasteiger partial charge on any atom is 0.416 e. The molecule has 0 atom stereocenters. The quantitative estimate of drug-likeness (QED) is 0.456. The Morgan fingerprint density at radius 2 is 1.84 bits per heavy atom. The number of thioether (sulfide) groups is 1. The molecule has 0 amide bonds. The van der Waals surface area contributed by atoms with Crippen LogP contribution in [0.25, 0.3) is 0 Å². The van der Waals surface area contributed by atoms with Crippen LogP contribution in [0.2, 0.25) is 0 Å². The number of rotatable bonds is 7. The Labute approximate surface area is 149 Å². The summed E-state index contributed by atoms with van der Waals surface area (Å²) >= 11 is 1.58. The average molecular weight is 366 g/mol. The van der Waals surface area contributed by atoms with E-state index in [1.165, 1.54) is 12.1 Å². The van der Waals surface area contributed by atoms with Gasteiger partial charge in [-0.2, -0.15) is 13.2 Å². The van der Waals surface area contributed by atoms with Crippen LogP contribution in [0.15, 0.2) is 59.5 Å². The van der Waals surface area contributed by atoms with Crippen LogP contribution in [0.3, 0.4) is 0 Å². The third-order valence-electron chi connectivity index (χ3n) is 3.34. The van der Waals surface area contributed by atoms with Crippen molar-refractivity contribution < 1.29 is 22.6 Å². The molecule has 0 aromatic heterocycles. The van der Waals surface area contributed by atoms with Crippen molar-refractivity contribution >= 4 is 11.8 Å². The van der Waals surface area contributed by atoms with Crippen LogP contribution in [0, 0.1) is 14.0 Å². The summed E-state index contributed by atoms with van der Waals surface area (Å²) in [6.45, 7) is 6.06. The summed E-state index contributed by atoms with van der Waals surface area (Å²) in [7, 11) is 5.15. The van der Waals surface area contributed by atoms with Gasteiger partial charge >= 0.3 is 6.18 Å². The highest BCUT2D eigenvalue weighted by atomic mass is 32.2. The van der Waals surface area contributed by atoms with Crippen molar-refractivity contribution in [2.75, 3.05) is 12.4 Å². The molecule has 0 aliphatic rings. The first-order chi connectivity index (χ1) is 11.8. The van der Waals surface area contributed by atoms with Gasteiger partial charge in [0.2, 0.25) is 0 Å². The Morgan fingerprint density at radius 3 is 2.40 bits per heavy atom. The summed E-state index contributed by atoms with van der Waals surface area (Å²) < 4.78 is 47.7. The fraction of sp³-hybridized carbons (Fsp3) is 0.211. The molecule has 0 N–H and O–H groups in total. The van der Waals surface area contributed by atoms with Gasteiger partial charge in [0.05, 0.1) is 5.56 Å². The summed E-state index contributed by atoms with van der Waals surface area (Å²) in [5.74, 6) is 1.62. The number of ether oxygens (including phenoxy) is 2.